The third-order valence-electron chi connectivity index (χ3n) is 3.49. The molecule has 0 radical (unpaired) electrons. The molecule has 0 spiro atoms. The maximum atomic E-state index is 12.7. The zero-order valence-electron chi connectivity index (χ0n) is 8.64. The number of halogens is 1. The Morgan fingerprint density at radius 2 is 1.69 bits per heavy atom. The Morgan fingerprint density at radius 1 is 1.12 bits per heavy atom. The molecule has 3 aliphatic rings. The van der Waals surface area contributed by atoms with Gasteiger partial charge in [-0.1, -0.05) is 0 Å². The first-order valence-corrected chi connectivity index (χ1v) is 6.91. The Hall–Kier alpha value is -1.10. The van der Waals surface area contributed by atoms with Crippen molar-refractivity contribution in [2.75, 3.05) is 18.0 Å². The number of piperidine rings is 1. The molecule has 3 saturated heterocycles. The first-order valence-electron chi connectivity index (χ1n) is 5.30. The summed E-state index contributed by atoms with van der Waals surface area (Å²) in [4.78, 5) is 2.03. The molecule has 86 valence electrons. The lowest BCUT2D eigenvalue weighted by molar-refractivity contribution is 0.460. The molecular formula is C11H12FNO2S. The summed E-state index contributed by atoms with van der Waals surface area (Å²) in [6, 6.07) is 6.22. The van der Waals surface area contributed by atoms with E-state index in [1.54, 1.807) is 12.1 Å². The van der Waals surface area contributed by atoms with E-state index in [0.29, 0.717) is 13.1 Å². The van der Waals surface area contributed by atoms with Gasteiger partial charge in [0.25, 0.3) is 0 Å². The highest BCUT2D eigenvalue weighted by molar-refractivity contribution is 7.94. The minimum atomic E-state index is -2.83. The number of hydrogen-bond acceptors (Lipinski definition) is 3. The fraction of sp³-hybridized carbons (Fsp3) is 0.455. The zero-order chi connectivity index (χ0) is 11.3. The lowest BCUT2D eigenvalue weighted by atomic mass is 10.1. The molecule has 1 aromatic rings. The van der Waals surface area contributed by atoms with E-state index >= 15 is 0 Å². The molecule has 3 nitrogen and oxygen atoms in total. The van der Waals surface area contributed by atoms with Crippen LogP contribution in [0.4, 0.5) is 10.1 Å². The summed E-state index contributed by atoms with van der Waals surface area (Å²) >= 11 is 0. The van der Waals surface area contributed by atoms with Crippen LogP contribution >= 0.6 is 0 Å². The van der Waals surface area contributed by atoms with Crippen molar-refractivity contribution in [3.8, 4) is 0 Å². The molecule has 3 aliphatic heterocycles. The van der Waals surface area contributed by atoms with E-state index in [1.165, 1.54) is 12.1 Å². The van der Waals surface area contributed by atoms with Gasteiger partial charge in [-0.25, -0.2) is 12.8 Å². The van der Waals surface area contributed by atoms with Crippen molar-refractivity contribution in [3.05, 3.63) is 30.1 Å². The van der Waals surface area contributed by atoms with Crippen LogP contribution in [-0.2, 0) is 9.84 Å². The van der Waals surface area contributed by atoms with E-state index in [4.69, 9.17) is 0 Å². The minimum absolute atomic E-state index is 0.212. The molecule has 0 aromatic heterocycles. The minimum Gasteiger partial charge on any atom is -0.369 e. The maximum absolute atomic E-state index is 12.7. The molecule has 1 aromatic carbocycles. The summed E-state index contributed by atoms with van der Waals surface area (Å²) in [7, 11) is -2.83. The lowest BCUT2D eigenvalue weighted by Crippen LogP contribution is -2.62. The van der Waals surface area contributed by atoms with E-state index in [-0.39, 0.29) is 16.3 Å². The van der Waals surface area contributed by atoms with Crippen molar-refractivity contribution < 1.29 is 12.8 Å². The molecule has 4 rings (SSSR count). The van der Waals surface area contributed by atoms with Gasteiger partial charge in [0.15, 0.2) is 9.84 Å². The molecule has 3 fully saturated rings. The van der Waals surface area contributed by atoms with Crippen molar-refractivity contribution in [1.82, 2.24) is 0 Å². The van der Waals surface area contributed by atoms with Crippen LogP contribution in [0.2, 0.25) is 0 Å². The summed E-state index contributed by atoms with van der Waals surface area (Å²) in [5.74, 6) is -0.265. The largest absolute Gasteiger partial charge is 0.369 e. The highest BCUT2D eigenvalue weighted by atomic mass is 32.2. The first-order chi connectivity index (χ1) is 7.57. The number of benzene rings is 1. The number of sulfone groups is 1. The number of nitrogens with zero attached hydrogens (tertiary/aromatic N) is 1. The number of hydrogen-bond donors (Lipinski definition) is 0. The van der Waals surface area contributed by atoms with Gasteiger partial charge in [0.2, 0.25) is 0 Å². The number of rotatable bonds is 1. The van der Waals surface area contributed by atoms with E-state index in [2.05, 4.69) is 0 Å². The first kappa shape index (κ1) is 10.1. The van der Waals surface area contributed by atoms with Crippen LogP contribution in [0, 0.1) is 5.82 Å². The van der Waals surface area contributed by atoms with Crippen LogP contribution in [0.5, 0.6) is 0 Å². The van der Waals surface area contributed by atoms with Gasteiger partial charge in [-0.05, 0) is 30.7 Å². The maximum Gasteiger partial charge on any atom is 0.159 e. The second-order valence-corrected chi connectivity index (χ2v) is 6.96. The third-order valence-corrected chi connectivity index (χ3v) is 6.04. The van der Waals surface area contributed by atoms with Gasteiger partial charge in [0, 0.05) is 18.8 Å². The van der Waals surface area contributed by atoms with Crippen LogP contribution in [0.3, 0.4) is 0 Å². The monoisotopic (exact) mass is 241 g/mol. The molecule has 16 heavy (non-hydrogen) atoms. The quantitative estimate of drug-likeness (QED) is 0.741. The average molecular weight is 241 g/mol. The highest BCUT2D eigenvalue weighted by Gasteiger charge is 2.51. The molecule has 0 N–H and O–H groups in total. The summed E-state index contributed by atoms with van der Waals surface area (Å²) in [6.07, 6.45) is 0.792. The fourth-order valence-electron chi connectivity index (χ4n) is 2.50. The van der Waals surface area contributed by atoms with E-state index in [9.17, 15) is 12.8 Å². The van der Waals surface area contributed by atoms with Gasteiger partial charge in [-0.15, -0.1) is 0 Å². The van der Waals surface area contributed by atoms with Gasteiger partial charge in [0.05, 0.1) is 10.5 Å². The van der Waals surface area contributed by atoms with Gasteiger partial charge in [-0.3, -0.25) is 0 Å². The lowest BCUT2D eigenvalue weighted by Gasteiger charge is -2.47. The molecule has 3 heterocycles. The topological polar surface area (TPSA) is 37.4 Å². The predicted octanol–water partition coefficient (Wildman–Crippen LogP) is 1.20. The Kier molecular flexibility index (Phi) is 2.01. The van der Waals surface area contributed by atoms with Crippen LogP contribution in [0.1, 0.15) is 6.42 Å². The van der Waals surface area contributed by atoms with E-state index < -0.39 is 9.84 Å². The molecule has 2 unspecified atom stereocenters. The molecule has 0 aliphatic carbocycles. The van der Waals surface area contributed by atoms with Crippen molar-refractivity contribution >= 4 is 15.5 Å². The van der Waals surface area contributed by atoms with Crippen molar-refractivity contribution in [1.29, 1.82) is 0 Å². The SMILES string of the molecule is O=S1(=O)C2CC1CN(c1ccc(F)cc1)C2. The second-order valence-electron chi connectivity index (χ2n) is 4.45. The predicted molar refractivity (Wildman–Crippen MR) is 59.7 cm³/mol. The Balaban J connectivity index is 1.83. The van der Waals surface area contributed by atoms with Gasteiger partial charge < -0.3 is 4.90 Å². The molecule has 0 amide bonds. The number of anilines is 1. The summed E-state index contributed by atoms with van der Waals surface area (Å²) in [5.41, 5.74) is 0.908. The molecule has 0 saturated carbocycles. The standard InChI is InChI=1S/C11H12FNO2S/c12-8-1-3-9(4-2-8)13-6-10-5-11(7-13)16(10,14)15/h1-4,10-11H,5-7H2. The number of fused-ring (bicyclic) bond motifs is 2. The van der Waals surface area contributed by atoms with Gasteiger partial charge in [-0.2, -0.15) is 0 Å². The van der Waals surface area contributed by atoms with Crippen molar-refractivity contribution in [3.63, 3.8) is 0 Å². The van der Waals surface area contributed by atoms with Crippen molar-refractivity contribution in [2.45, 2.75) is 16.9 Å². The summed E-state index contributed by atoms with van der Waals surface area (Å²) in [5, 5.41) is -0.424. The van der Waals surface area contributed by atoms with E-state index in [1.807, 2.05) is 4.90 Å². The van der Waals surface area contributed by atoms with Crippen LogP contribution < -0.4 is 4.90 Å². The molecule has 2 atom stereocenters. The Labute approximate surface area is 93.8 Å². The van der Waals surface area contributed by atoms with E-state index in [0.717, 1.165) is 12.1 Å². The Morgan fingerprint density at radius 3 is 2.19 bits per heavy atom. The summed E-state index contributed by atoms with van der Waals surface area (Å²) in [6.45, 7) is 1.09. The molecular weight excluding hydrogens is 229 g/mol. The van der Waals surface area contributed by atoms with Crippen molar-refractivity contribution in [2.24, 2.45) is 0 Å². The molecule has 5 heteroatoms. The zero-order valence-corrected chi connectivity index (χ0v) is 9.45. The third kappa shape index (κ3) is 1.34. The second kappa shape index (κ2) is 3.20. The Bertz CT molecular complexity index is 493. The molecule has 2 bridgehead atoms. The van der Waals surface area contributed by atoms with Gasteiger partial charge >= 0.3 is 0 Å². The van der Waals surface area contributed by atoms with Crippen LogP contribution in [0.15, 0.2) is 24.3 Å². The average Bonchev–Trinajstić information content (AvgIpc) is 2.30. The summed E-state index contributed by atoms with van der Waals surface area (Å²) < 4.78 is 35.9. The van der Waals surface area contributed by atoms with Crippen LogP contribution in [0.25, 0.3) is 0 Å². The highest BCUT2D eigenvalue weighted by Crippen LogP contribution is 2.37. The fourth-order valence-corrected chi connectivity index (χ4v) is 4.46. The van der Waals surface area contributed by atoms with Crippen LogP contribution in [-0.4, -0.2) is 32.0 Å². The van der Waals surface area contributed by atoms with Gasteiger partial charge in [0.1, 0.15) is 5.82 Å². The normalized spacial score (nSPS) is 30.9. The smallest absolute Gasteiger partial charge is 0.159 e.